The van der Waals surface area contributed by atoms with Gasteiger partial charge in [-0.05, 0) is 39.7 Å². The highest BCUT2D eigenvalue weighted by Gasteiger charge is 2.03. The standard InChI is InChI=1S/C12H9Br2FOS/c13-5-8-1-10(15)4-11(2-8)16-6-12-3-9(14)7-17-12/h1-4,7H,5-6H2. The summed E-state index contributed by atoms with van der Waals surface area (Å²) < 4.78 is 19.8. The van der Waals surface area contributed by atoms with Gasteiger partial charge < -0.3 is 4.74 Å². The van der Waals surface area contributed by atoms with Crippen LogP contribution < -0.4 is 4.74 Å². The Morgan fingerprint density at radius 1 is 1.24 bits per heavy atom. The molecular weight excluding hydrogens is 371 g/mol. The molecule has 2 rings (SSSR count). The van der Waals surface area contributed by atoms with Crippen LogP contribution in [0.15, 0.2) is 34.1 Å². The molecule has 0 saturated heterocycles. The average molecular weight is 380 g/mol. The monoisotopic (exact) mass is 378 g/mol. The first-order valence-electron chi connectivity index (χ1n) is 4.88. The van der Waals surface area contributed by atoms with Crippen LogP contribution in [-0.2, 0) is 11.9 Å². The molecule has 0 bridgehead atoms. The maximum absolute atomic E-state index is 13.2. The van der Waals surface area contributed by atoms with E-state index in [9.17, 15) is 4.39 Å². The van der Waals surface area contributed by atoms with Crippen molar-refractivity contribution in [1.82, 2.24) is 0 Å². The van der Waals surface area contributed by atoms with Gasteiger partial charge in [0.2, 0.25) is 0 Å². The Morgan fingerprint density at radius 3 is 2.71 bits per heavy atom. The number of halogens is 3. The van der Waals surface area contributed by atoms with E-state index in [1.54, 1.807) is 11.3 Å². The first-order chi connectivity index (χ1) is 8.17. The Hall–Kier alpha value is -0.390. The van der Waals surface area contributed by atoms with Crippen molar-refractivity contribution in [3.05, 3.63) is 50.4 Å². The molecule has 0 spiro atoms. The van der Waals surface area contributed by atoms with Crippen LogP contribution in [-0.4, -0.2) is 0 Å². The van der Waals surface area contributed by atoms with Gasteiger partial charge in [-0.2, -0.15) is 0 Å². The Labute approximate surface area is 120 Å². The molecule has 17 heavy (non-hydrogen) atoms. The summed E-state index contributed by atoms with van der Waals surface area (Å²) in [5.74, 6) is 0.285. The lowest BCUT2D eigenvalue weighted by Crippen LogP contribution is -1.94. The summed E-state index contributed by atoms with van der Waals surface area (Å²) in [6, 6.07) is 6.72. The zero-order valence-corrected chi connectivity index (χ0v) is 12.7. The van der Waals surface area contributed by atoms with Crippen LogP contribution in [0.25, 0.3) is 0 Å². The van der Waals surface area contributed by atoms with Crippen LogP contribution in [0, 0.1) is 5.82 Å². The van der Waals surface area contributed by atoms with Crippen LogP contribution in [0.1, 0.15) is 10.4 Å². The Bertz CT molecular complexity index is 513. The third-order valence-electron chi connectivity index (χ3n) is 2.09. The Morgan fingerprint density at radius 2 is 2.06 bits per heavy atom. The molecule has 0 aliphatic rings. The summed E-state index contributed by atoms with van der Waals surface area (Å²) in [5, 5.41) is 2.61. The molecule has 0 unspecified atom stereocenters. The molecule has 0 radical (unpaired) electrons. The minimum Gasteiger partial charge on any atom is -0.488 e. The predicted molar refractivity (Wildman–Crippen MR) is 75.4 cm³/mol. The van der Waals surface area contributed by atoms with Crippen molar-refractivity contribution < 1.29 is 9.13 Å². The van der Waals surface area contributed by atoms with Crippen molar-refractivity contribution in [2.45, 2.75) is 11.9 Å². The van der Waals surface area contributed by atoms with Gasteiger partial charge in [0.1, 0.15) is 18.2 Å². The van der Waals surface area contributed by atoms with Gasteiger partial charge in [0.15, 0.2) is 0 Å². The Kier molecular flexibility index (Phi) is 4.59. The summed E-state index contributed by atoms with van der Waals surface area (Å²) in [6.07, 6.45) is 0. The summed E-state index contributed by atoms with van der Waals surface area (Å²) in [4.78, 5) is 1.10. The Balaban J connectivity index is 2.05. The molecule has 1 aromatic carbocycles. The van der Waals surface area contributed by atoms with E-state index in [-0.39, 0.29) is 5.82 Å². The highest BCUT2D eigenvalue weighted by Crippen LogP contribution is 2.23. The van der Waals surface area contributed by atoms with Crippen LogP contribution in [0.2, 0.25) is 0 Å². The number of hydrogen-bond acceptors (Lipinski definition) is 2. The zero-order chi connectivity index (χ0) is 12.3. The molecule has 0 aliphatic heterocycles. The molecular formula is C12H9Br2FOS. The molecule has 0 atom stereocenters. The van der Waals surface area contributed by atoms with E-state index in [2.05, 4.69) is 31.9 Å². The highest BCUT2D eigenvalue weighted by atomic mass is 79.9. The molecule has 1 nitrogen and oxygen atoms in total. The number of ether oxygens (including phenoxy) is 1. The highest BCUT2D eigenvalue weighted by molar-refractivity contribution is 9.10. The van der Waals surface area contributed by atoms with Crippen LogP contribution >= 0.6 is 43.2 Å². The number of benzene rings is 1. The van der Waals surface area contributed by atoms with Gasteiger partial charge in [-0.1, -0.05) is 15.9 Å². The van der Waals surface area contributed by atoms with Crippen molar-refractivity contribution >= 4 is 43.2 Å². The molecule has 0 amide bonds. The molecule has 1 heterocycles. The van der Waals surface area contributed by atoms with Crippen LogP contribution in [0.3, 0.4) is 0 Å². The van der Waals surface area contributed by atoms with Crippen molar-refractivity contribution in [2.75, 3.05) is 0 Å². The molecule has 2 aromatic rings. The van der Waals surface area contributed by atoms with E-state index in [1.165, 1.54) is 12.1 Å². The van der Waals surface area contributed by atoms with Gasteiger partial charge in [-0.3, -0.25) is 0 Å². The first-order valence-corrected chi connectivity index (χ1v) is 7.68. The van der Waals surface area contributed by atoms with Crippen molar-refractivity contribution in [2.24, 2.45) is 0 Å². The summed E-state index contributed by atoms with van der Waals surface area (Å²) in [6.45, 7) is 0.460. The topological polar surface area (TPSA) is 9.23 Å². The van der Waals surface area contributed by atoms with Crippen LogP contribution in [0.4, 0.5) is 4.39 Å². The van der Waals surface area contributed by atoms with Gasteiger partial charge in [-0.25, -0.2) is 4.39 Å². The second-order valence-corrected chi connectivity index (χ2v) is 5.92. The third-order valence-corrected chi connectivity index (χ3v) is 4.41. The van der Waals surface area contributed by atoms with Gasteiger partial charge in [-0.15, -0.1) is 11.3 Å². The fourth-order valence-electron chi connectivity index (χ4n) is 1.37. The first kappa shape index (κ1) is 13.1. The van der Waals surface area contributed by atoms with E-state index >= 15 is 0 Å². The predicted octanol–water partition coefficient (Wildman–Crippen LogP) is 5.12. The van der Waals surface area contributed by atoms with Crippen molar-refractivity contribution in [3.8, 4) is 5.75 Å². The average Bonchev–Trinajstić information content (AvgIpc) is 2.72. The maximum Gasteiger partial charge on any atom is 0.127 e. The lowest BCUT2D eigenvalue weighted by Gasteiger charge is -2.06. The van der Waals surface area contributed by atoms with Crippen molar-refractivity contribution in [3.63, 3.8) is 0 Å². The van der Waals surface area contributed by atoms with E-state index in [4.69, 9.17) is 4.74 Å². The zero-order valence-electron chi connectivity index (χ0n) is 8.75. The van der Waals surface area contributed by atoms with Crippen molar-refractivity contribution in [1.29, 1.82) is 0 Å². The minimum absolute atomic E-state index is 0.274. The lowest BCUT2D eigenvalue weighted by atomic mass is 10.2. The van der Waals surface area contributed by atoms with E-state index in [0.717, 1.165) is 14.9 Å². The summed E-state index contributed by atoms with van der Waals surface area (Å²) in [7, 11) is 0. The normalized spacial score (nSPS) is 10.5. The van der Waals surface area contributed by atoms with Gasteiger partial charge in [0, 0.05) is 26.1 Å². The second kappa shape index (κ2) is 5.98. The van der Waals surface area contributed by atoms with Gasteiger partial charge in [0.25, 0.3) is 0 Å². The quantitative estimate of drug-likeness (QED) is 0.669. The summed E-state index contributed by atoms with van der Waals surface area (Å²) >= 11 is 8.29. The molecule has 90 valence electrons. The van der Waals surface area contributed by atoms with Gasteiger partial charge >= 0.3 is 0 Å². The van der Waals surface area contributed by atoms with E-state index < -0.39 is 0 Å². The van der Waals surface area contributed by atoms with Gasteiger partial charge in [0.05, 0.1) is 0 Å². The largest absolute Gasteiger partial charge is 0.488 e. The molecule has 1 aromatic heterocycles. The molecule has 0 saturated carbocycles. The van der Waals surface area contributed by atoms with Crippen LogP contribution in [0.5, 0.6) is 5.75 Å². The summed E-state index contributed by atoms with van der Waals surface area (Å²) in [5.41, 5.74) is 0.868. The van der Waals surface area contributed by atoms with E-state index in [1.807, 2.05) is 17.5 Å². The smallest absolute Gasteiger partial charge is 0.127 e. The SMILES string of the molecule is Fc1cc(CBr)cc(OCc2cc(Br)cs2)c1. The maximum atomic E-state index is 13.2. The fraction of sp³-hybridized carbons (Fsp3) is 0.167. The molecule has 0 N–H and O–H groups in total. The second-order valence-electron chi connectivity index (χ2n) is 3.45. The van der Waals surface area contributed by atoms with E-state index in [0.29, 0.717) is 17.7 Å². The third kappa shape index (κ3) is 3.79. The number of hydrogen-bond donors (Lipinski definition) is 0. The lowest BCUT2D eigenvalue weighted by molar-refractivity contribution is 0.308. The molecule has 5 heteroatoms. The number of alkyl halides is 1. The minimum atomic E-state index is -0.274. The molecule has 0 fully saturated rings. The molecule has 0 aliphatic carbocycles. The number of thiophene rings is 1. The fourth-order valence-corrected chi connectivity index (χ4v) is 3.05. The number of rotatable bonds is 4.